The third kappa shape index (κ3) is 2.56. The molecule has 0 radical (unpaired) electrons. The molecule has 1 saturated heterocycles. The molecule has 1 aliphatic rings. The summed E-state index contributed by atoms with van der Waals surface area (Å²) in [5, 5.41) is 6.12. The van der Waals surface area contributed by atoms with Crippen molar-refractivity contribution in [1.29, 1.82) is 0 Å². The van der Waals surface area contributed by atoms with Crippen molar-refractivity contribution in [2.45, 2.75) is 25.2 Å². The van der Waals surface area contributed by atoms with Gasteiger partial charge < -0.3 is 9.26 Å². The largest absolute Gasteiger partial charge is 0.381 e. The minimum Gasteiger partial charge on any atom is -0.381 e. The van der Waals surface area contributed by atoms with Crippen molar-refractivity contribution in [2.75, 3.05) is 13.2 Å². The fraction of sp³-hybridized carbons (Fsp3) is 0.500. The average molecular weight is 250 g/mol. The van der Waals surface area contributed by atoms with Crippen LogP contribution in [0.25, 0.3) is 0 Å². The minimum absolute atomic E-state index is 0.328. The van der Waals surface area contributed by atoms with Crippen LogP contribution in [0.5, 0.6) is 0 Å². The molecular formula is C12H14N2O2S. The average Bonchev–Trinajstić information content (AvgIpc) is 3.09. The first-order valence-corrected chi connectivity index (χ1v) is 6.72. The highest BCUT2D eigenvalue weighted by Gasteiger charge is 2.22. The monoisotopic (exact) mass is 250 g/mol. The fourth-order valence-electron chi connectivity index (χ4n) is 1.96. The lowest BCUT2D eigenvalue weighted by atomic mass is 10.1. The van der Waals surface area contributed by atoms with Crippen molar-refractivity contribution in [2.24, 2.45) is 0 Å². The van der Waals surface area contributed by atoms with E-state index in [4.69, 9.17) is 9.26 Å². The Morgan fingerprint density at radius 2 is 2.41 bits per heavy atom. The van der Waals surface area contributed by atoms with Crippen LogP contribution in [0.2, 0.25) is 0 Å². The lowest BCUT2D eigenvalue weighted by Gasteiger charge is -1.97. The molecule has 0 bridgehead atoms. The van der Waals surface area contributed by atoms with Gasteiger partial charge in [0, 0.05) is 23.8 Å². The van der Waals surface area contributed by atoms with E-state index >= 15 is 0 Å². The Bertz CT molecular complexity index is 461. The van der Waals surface area contributed by atoms with Crippen molar-refractivity contribution in [3.8, 4) is 0 Å². The van der Waals surface area contributed by atoms with Gasteiger partial charge in [0.1, 0.15) is 0 Å². The van der Waals surface area contributed by atoms with E-state index < -0.39 is 0 Å². The molecule has 3 rings (SSSR count). The van der Waals surface area contributed by atoms with Gasteiger partial charge in [-0.05, 0) is 24.3 Å². The van der Waals surface area contributed by atoms with Crippen LogP contribution in [0.15, 0.2) is 22.0 Å². The molecule has 5 heteroatoms. The molecule has 2 aromatic heterocycles. The van der Waals surface area contributed by atoms with Crippen LogP contribution in [0.3, 0.4) is 0 Å². The van der Waals surface area contributed by atoms with Gasteiger partial charge in [-0.1, -0.05) is 11.2 Å². The zero-order chi connectivity index (χ0) is 11.5. The summed E-state index contributed by atoms with van der Waals surface area (Å²) in [6, 6.07) is 4.20. The standard InChI is InChI=1S/C12H14N2O2S/c1-2-10(17-7-1)3-4-11-13-12(14-16-11)9-5-6-15-8-9/h1-2,7,9H,3-6,8H2/t9-/m1/s1. The van der Waals surface area contributed by atoms with Gasteiger partial charge in [0.25, 0.3) is 0 Å². The third-order valence-electron chi connectivity index (χ3n) is 2.94. The predicted octanol–water partition coefficient (Wildman–Crippen LogP) is 2.42. The van der Waals surface area contributed by atoms with Gasteiger partial charge >= 0.3 is 0 Å². The highest BCUT2D eigenvalue weighted by Crippen LogP contribution is 2.22. The van der Waals surface area contributed by atoms with E-state index in [-0.39, 0.29) is 0 Å². The molecule has 2 aromatic rings. The maximum atomic E-state index is 5.32. The maximum absolute atomic E-state index is 5.32. The number of hydrogen-bond donors (Lipinski definition) is 0. The SMILES string of the molecule is c1csc(CCc2nc([C@@H]3CCOC3)no2)c1. The molecule has 0 N–H and O–H groups in total. The number of nitrogens with zero attached hydrogens (tertiary/aromatic N) is 2. The Kier molecular flexibility index (Phi) is 3.20. The Labute approximate surface area is 104 Å². The van der Waals surface area contributed by atoms with Crippen molar-refractivity contribution < 1.29 is 9.26 Å². The molecular weight excluding hydrogens is 236 g/mol. The van der Waals surface area contributed by atoms with Gasteiger partial charge in [-0.15, -0.1) is 11.3 Å². The fourth-order valence-corrected chi connectivity index (χ4v) is 2.67. The number of thiophene rings is 1. The molecule has 0 aromatic carbocycles. The Balaban J connectivity index is 1.60. The van der Waals surface area contributed by atoms with Crippen molar-refractivity contribution in [3.63, 3.8) is 0 Å². The highest BCUT2D eigenvalue weighted by molar-refractivity contribution is 7.09. The van der Waals surface area contributed by atoms with Gasteiger partial charge in [0.05, 0.1) is 6.61 Å². The second kappa shape index (κ2) is 4.98. The first-order valence-electron chi connectivity index (χ1n) is 5.84. The number of aromatic nitrogens is 2. The van der Waals surface area contributed by atoms with E-state index in [2.05, 4.69) is 27.7 Å². The van der Waals surface area contributed by atoms with Crippen LogP contribution >= 0.6 is 11.3 Å². The van der Waals surface area contributed by atoms with E-state index in [0.29, 0.717) is 5.92 Å². The number of rotatable bonds is 4. The van der Waals surface area contributed by atoms with E-state index in [9.17, 15) is 0 Å². The van der Waals surface area contributed by atoms with Crippen LogP contribution in [0, 0.1) is 0 Å². The summed E-state index contributed by atoms with van der Waals surface area (Å²) in [6.07, 6.45) is 2.80. The summed E-state index contributed by atoms with van der Waals surface area (Å²) in [4.78, 5) is 5.79. The van der Waals surface area contributed by atoms with Crippen molar-refractivity contribution in [1.82, 2.24) is 10.1 Å². The molecule has 0 aliphatic carbocycles. The Hall–Kier alpha value is -1.20. The van der Waals surface area contributed by atoms with Gasteiger partial charge in [0.2, 0.25) is 5.89 Å². The van der Waals surface area contributed by atoms with Crippen LogP contribution in [-0.4, -0.2) is 23.4 Å². The molecule has 0 spiro atoms. The van der Waals surface area contributed by atoms with E-state index in [1.165, 1.54) is 4.88 Å². The molecule has 17 heavy (non-hydrogen) atoms. The van der Waals surface area contributed by atoms with Crippen LogP contribution in [0.1, 0.15) is 28.9 Å². The van der Waals surface area contributed by atoms with Gasteiger partial charge in [-0.3, -0.25) is 0 Å². The summed E-state index contributed by atoms with van der Waals surface area (Å²) in [5.74, 6) is 1.87. The Morgan fingerprint density at radius 1 is 1.41 bits per heavy atom. The number of ether oxygens (including phenoxy) is 1. The minimum atomic E-state index is 0.328. The lowest BCUT2D eigenvalue weighted by molar-refractivity contribution is 0.192. The zero-order valence-electron chi connectivity index (χ0n) is 9.46. The van der Waals surface area contributed by atoms with Crippen LogP contribution < -0.4 is 0 Å². The van der Waals surface area contributed by atoms with E-state index in [0.717, 1.165) is 44.2 Å². The molecule has 90 valence electrons. The highest BCUT2D eigenvalue weighted by atomic mass is 32.1. The van der Waals surface area contributed by atoms with E-state index in [1.54, 1.807) is 11.3 Å². The Morgan fingerprint density at radius 3 is 3.18 bits per heavy atom. The molecule has 1 aliphatic heterocycles. The summed E-state index contributed by atoms with van der Waals surface area (Å²) < 4.78 is 10.6. The quantitative estimate of drug-likeness (QED) is 0.836. The predicted molar refractivity (Wildman–Crippen MR) is 64.2 cm³/mol. The second-order valence-electron chi connectivity index (χ2n) is 4.19. The summed E-state index contributed by atoms with van der Waals surface area (Å²) in [7, 11) is 0. The number of hydrogen-bond acceptors (Lipinski definition) is 5. The molecule has 3 heterocycles. The topological polar surface area (TPSA) is 48.2 Å². The summed E-state index contributed by atoms with van der Waals surface area (Å²) in [6.45, 7) is 1.54. The van der Waals surface area contributed by atoms with Gasteiger partial charge in [0.15, 0.2) is 5.82 Å². The van der Waals surface area contributed by atoms with Gasteiger partial charge in [-0.2, -0.15) is 4.98 Å². The first kappa shape index (κ1) is 10.9. The molecule has 4 nitrogen and oxygen atoms in total. The smallest absolute Gasteiger partial charge is 0.227 e. The molecule has 1 atom stereocenters. The van der Waals surface area contributed by atoms with Crippen LogP contribution in [0.4, 0.5) is 0 Å². The zero-order valence-corrected chi connectivity index (χ0v) is 10.3. The third-order valence-corrected chi connectivity index (χ3v) is 3.88. The summed E-state index contributed by atoms with van der Waals surface area (Å²) >= 11 is 1.76. The lowest BCUT2D eigenvalue weighted by Crippen LogP contribution is -2.00. The second-order valence-corrected chi connectivity index (χ2v) is 5.22. The van der Waals surface area contributed by atoms with Gasteiger partial charge in [-0.25, -0.2) is 0 Å². The van der Waals surface area contributed by atoms with Crippen LogP contribution in [-0.2, 0) is 17.6 Å². The first-order chi connectivity index (χ1) is 8.42. The number of aryl methyl sites for hydroxylation is 2. The maximum Gasteiger partial charge on any atom is 0.227 e. The van der Waals surface area contributed by atoms with Crippen molar-refractivity contribution >= 4 is 11.3 Å². The molecule has 0 saturated carbocycles. The molecule has 1 fully saturated rings. The molecule has 0 amide bonds. The normalized spacial score (nSPS) is 19.9. The van der Waals surface area contributed by atoms with E-state index in [1.807, 2.05) is 0 Å². The van der Waals surface area contributed by atoms with Crippen molar-refractivity contribution in [3.05, 3.63) is 34.1 Å². The molecule has 0 unspecified atom stereocenters. The summed E-state index contributed by atoms with van der Waals surface area (Å²) in [5.41, 5.74) is 0.